The Morgan fingerprint density at radius 3 is 2.93 bits per heavy atom. The van der Waals surface area contributed by atoms with Crippen LogP contribution in [0.1, 0.15) is 5.56 Å². The molecule has 0 bridgehead atoms. The molecule has 1 aromatic carbocycles. The molecule has 14 heavy (non-hydrogen) atoms. The van der Waals surface area contributed by atoms with Crippen LogP contribution in [0.25, 0.3) is 0 Å². The van der Waals surface area contributed by atoms with E-state index in [1.54, 1.807) is 0 Å². The van der Waals surface area contributed by atoms with Gasteiger partial charge in [0.25, 0.3) is 0 Å². The minimum atomic E-state index is -0.947. The van der Waals surface area contributed by atoms with Gasteiger partial charge in [-0.1, -0.05) is 0 Å². The Hall–Kier alpha value is -0.831. The second-order valence-corrected chi connectivity index (χ2v) is 4.85. The molecule has 0 aromatic heterocycles. The normalized spacial score (nSPS) is 12.4. The molecule has 4 heteroatoms. The Morgan fingerprint density at radius 1 is 1.64 bits per heavy atom. The van der Waals surface area contributed by atoms with E-state index in [2.05, 4.69) is 11.9 Å². The van der Waals surface area contributed by atoms with Gasteiger partial charge in [0.15, 0.2) is 0 Å². The Bertz CT molecular complexity index is 328. The zero-order valence-corrected chi connectivity index (χ0v) is 9.65. The second-order valence-electron chi connectivity index (χ2n) is 3.00. The van der Waals surface area contributed by atoms with Gasteiger partial charge in [0.05, 0.1) is 0 Å². The molecular formula is C10H13NO2Se. The zero-order valence-electron chi connectivity index (χ0n) is 7.93. The van der Waals surface area contributed by atoms with E-state index in [1.807, 2.05) is 18.2 Å². The summed E-state index contributed by atoms with van der Waals surface area (Å²) < 4.78 is 1.27. The van der Waals surface area contributed by atoms with Gasteiger partial charge in [-0.3, -0.25) is 0 Å². The van der Waals surface area contributed by atoms with Gasteiger partial charge in [-0.25, -0.2) is 0 Å². The number of benzene rings is 1. The first kappa shape index (κ1) is 11.2. The maximum absolute atomic E-state index is 10.5. The Balaban J connectivity index is 2.71. The summed E-state index contributed by atoms with van der Waals surface area (Å²) in [4.78, 5) is 10.5. The molecule has 76 valence electrons. The Morgan fingerprint density at radius 2 is 2.36 bits per heavy atom. The van der Waals surface area contributed by atoms with Crippen molar-refractivity contribution in [2.24, 2.45) is 5.73 Å². The summed E-state index contributed by atoms with van der Waals surface area (Å²) in [5.74, 6) is 1.18. The van der Waals surface area contributed by atoms with Gasteiger partial charge in [0.1, 0.15) is 0 Å². The number of hydrogen-bond acceptors (Lipinski definition) is 2. The molecule has 0 aliphatic heterocycles. The van der Waals surface area contributed by atoms with Crippen molar-refractivity contribution in [2.45, 2.75) is 18.3 Å². The van der Waals surface area contributed by atoms with E-state index in [0.717, 1.165) is 5.56 Å². The van der Waals surface area contributed by atoms with Crippen molar-refractivity contribution in [3.63, 3.8) is 0 Å². The number of carbonyl (C=O) groups is 1. The summed E-state index contributed by atoms with van der Waals surface area (Å²) in [5, 5.41) is 8.65. The Kier molecular flexibility index (Phi) is 4.14. The minimum absolute atomic E-state index is 0.402. The van der Waals surface area contributed by atoms with Crippen molar-refractivity contribution in [3.05, 3.63) is 29.8 Å². The fourth-order valence-electron chi connectivity index (χ4n) is 1.14. The molecule has 1 aromatic rings. The van der Waals surface area contributed by atoms with Crippen LogP contribution in [0.3, 0.4) is 0 Å². The van der Waals surface area contributed by atoms with Crippen molar-refractivity contribution in [3.8, 4) is 0 Å². The van der Waals surface area contributed by atoms with Crippen molar-refractivity contribution in [1.29, 1.82) is 0 Å². The molecule has 0 aliphatic carbocycles. The van der Waals surface area contributed by atoms with Crippen LogP contribution in [-0.2, 0) is 11.2 Å². The maximum atomic E-state index is 10.5. The van der Waals surface area contributed by atoms with E-state index in [1.165, 1.54) is 4.46 Å². The number of carboxylic acids is 1. The summed E-state index contributed by atoms with van der Waals surface area (Å²) in [6.45, 7) is 0. The van der Waals surface area contributed by atoms with Crippen LogP contribution in [-0.4, -0.2) is 32.1 Å². The van der Waals surface area contributed by atoms with Crippen LogP contribution < -0.4 is 10.2 Å². The molecule has 3 nitrogen and oxygen atoms in total. The summed E-state index contributed by atoms with van der Waals surface area (Å²) >= 11 is 0.448. The van der Waals surface area contributed by atoms with Gasteiger partial charge in [0, 0.05) is 0 Å². The molecular weight excluding hydrogens is 245 g/mol. The SMILES string of the molecule is C[Se]c1cccc(C[C@H](N)C(=O)O)c1. The summed E-state index contributed by atoms with van der Waals surface area (Å²) in [7, 11) is 0. The average Bonchev–Trinajstić information content (AvgIpc) is 2.18. The van der Waals surface area contributed by atoms with Crippen LogP contribution >= 0.6 is 0 Å². The van der Waals surface area contributed by atoms with Gasteiger partial charge in [-0.05, 0) is 0 Å². The van der Waals surface area contributed by atoms with Gasteiger partial charge < -0.3 is 0 Å². The van der Waals surface area contributed by atoms with Gasteiger partial charge >= 0.3 is 89.1 Å². The predicted octanol–water partition coefficient (Wildman–Crippen LogP) is 0.0186. The first-order valence-corrected chi connectivity index (χ1v) is 6.81. The topological polar surface area (TPSA) is 63.3 Å². The summed E-state index contributed by atoms with van der Waals surface area (Å²) in [6, 6.07) is 7.15. The number of hydrogen-bond donors (Lipinski definition) is 2. The monoisotopic (exact) mass is 259 g/mol. The third-order valence-corrected chi connectivity index (χ3v) is 3.43. The molecule has 1 atom stereocenters. The third kappa shape index (κ3) is 3.14. The Labute approximate surface area is 89.5 Å². The van der Waals surface area contributed by atoms with Crippen LogP contribution in [0.4, 0.5) is 0 Å². The second kappa shape index (κ2) is 5.15. The average molecular weight is 258 g/mol. The van der Waals surface area contributed by atoms with Crippen LogP contribution in [0.5, 0.6) is 0 Å². The first-order valence-electron chi connectivity index (χ1n) is 4.25. The van der Waals surface area contributed by atoms with E-state index in [4.69, 9.17) is 10.8 Å². The molecule has 0 aliphatic rings. The fourth-order valence-corrected chi connectivity index (χ4v) is 2.16. The quantitative estimate of drug-likeness (QED) is 0.748. The molecule has 0 heterocycles. The molecule has 0 saturated carbocycles. The van der Waals surface area contributed by atoms with Crippen molar-refractivity contribution in [1.82, 2.24) is 0 Å². The van der Waals surface area contributed by atoms with E-state index < -0.39 is 12.0 Å². The predicted molar refractivity (Wildman–Crippen MR) is 57.0 cm³/mol. The zero-order chi connectivity index (χ0) is 10.6. The number of nitrogens with two attached hydrogens (primary N) is 1. The van der Waals surface area contributed by atoms with Crippen molar-refractivity contribution in [2.75, 3.05) is 0 Å². The molecule has 0 radical (unpaired) electrons. The van der Waals surface area contributed by atoms with E-state index in [9.17, 15) is 4.79 Å². The van der Waals surface area contributed by atoms with Gasteiger partial charge in [0.2, 0.25) is 0 Å². The summed E-state index contributed by atoms with van der Waals surface area (Å²) in [5.41, 5.74) is 6.45. The first-order chi connectivity index (χ1) is 6.63. The molecule has 0 unspecified atom stereocenters. The fraction of sp³-hybridized carbons (Fsp3) is 0.300. The number of aliphatic carboxylic acids is 1. The molecule has 0 saturated heterocycles. The molecule has 0 amide bonds. The van der Waals surface area contributed by atoms with E-state index in [0.29, 0.717) is 21.4 Å². The molecule has 3 N–H and O–H groups in total. The number of rotatable bonds is 4. The van der Waals surface area contributed by atoms with Crippen LogP contribution in [0.15, 0.2) is 24.3 Å². The van der Waals surface area contributed by atoms with Crippen molar-refractivity contribution < 1.29 is 9.90 Å². The van der Waals surface area contributed by atoms with Crippen LogP contribution in [0, 0.1) is 0 Å². The van der Waals surface area contributed by atoms with E-state index in [-0.39, 0.29) is 0 Å². The van der Waals surface area contributed by atoms with Crippen molar-refractivity contribution >= 4 is 25.4 Å². The van der Waals surface area contributed by atoms with Gasteiger partial charge in [-0.15, -0.1) is 0 Å². The van der Waals surface area contributed by atoms with Crippen LogP contribution in [0.2, 0.25) is 5.82 Å². The molecule has 0 fully saturated rings. The molecule has 0 spiro atoms. The number of carboxylic acid groups (broad SMARTS) is 1. The van der Waals surface area contributed by atoms with Gasteiger partial charge in [-0.2, -0.15) is 0 Å². The standard InChI is InChI=1S/C10H13NO2Se/c1-14-8-4-2-3-7(5-8)6-9(11)10(12)13/h2-5,9H,6,11H2,1H3,(H,12,13)/t9-/m0/s1. The van der Waals surface area contributed by atoms with E-state index >= 15 is 0 Å². The third-order valence-electron chi connectivity index (χ3n) is 1.91. The summed E-state index contributed by atoms with van der Waals surface area (Å²) in [6.07, 6.45) is 0.402. The molecule has 1 rings (SSSR count).